The summed E-state index contributed by atoms with van der Waals surface area (Å²) in [4.78, 5) is 3.98. The highest BCUT2D eigenvalue weighted by molar-refractivity contribution is 5.28. The molecule has 94 valence electrons. The van der Waals surface area contributed by atoms with Gasteiger partial charge in [-0.25, -0.2) is 8.78 Å². The van der Waals surface area contributed by atoms with E-state index in [0.29, 0.717) is 12.0 Å². The number of hydrogen-bond donors (Lipinski definition) is 1. The minimum absolute atomic E-state index is 0.326. The predicted octanol–water partition coefficient (Wildman–Crippen LogP) is 2.91. The van der Waals surface area contributed by atoms with Crippen LogP contribution in [0, 0.1) is 18.6 Å². The summed E-state index contributed by atoms with van der Waals surface area (Å²) in [5.41, 5.74) is 8.35. The zero-order valence-corrected chi connectivity index (χ0v) is 10.0. The molecule has 2 aromatic rings. The fraction of sp³-hybridized carbons (Fsp3) is 0.214. The van der Waals surface area contributed by atoms with E-state index in [9.17, 15) is 8.78 Å². The van der Waals surface area contributed by atoms with Gasteiger partial charge in [0.05, 0.1) is 0 Å². The maximum atomic E-state index is 13.5. The molecule has 1 atom stereocenters. The molecule has 0 aliphatic rings. The first-order valence-electron chi connectivity index (χ1n) is 5.68. The van der Waals surface area contributed by atoms with Gasteiger partial charge >= 0.3 is 0 Å². The standard InChI is InChI=1S/C14H14F2N2/c1-9-8-18-5-4-12(9)14(17)6-10-2-3-11(15)7-13(10)16/h2-5,7-8,14H,6,17H2,1H3. The summed E-state index contributed by atoms with van der Waals surface area (Å²) in [6.45, 7) is 1.91. The van der Waals surface area contributed by atoms with E-state index < -0.39 is 11.6 Å². The number of pyridine rings is 1. The van der Waals surface area contributed by atoms with Crippen molar-refractivity contribution in [2.45, 2.75) is 19.4 Å². The number of hydrogen-bond acceptors (Lipinski definition) is 2. The molecule has 1 aromatic carbocycles. The second-order valence-electron chi connectivity index (χ2n) is 4.28. The molecule has 2 rings (SSSR count). The van der Waals surface area contributed by atoms with E-state index in [4.69, 9.17) is 5.73 Å². The van der Waals surface area contributed by atoms with Gasteiger partial charge in [-0.3, -0.25) is 4.98 Å². The average molecular weight is 248 g/mol. The molecular weight excluding hydrogens is 234 g/mol. The third-order valence-electron chi connectivity index (χ3n) is 2.92. The molecule has 1 aromatic heterocycles. The average Bonchev–Trinajstić information content (AvgIpc) is 2.33. The molecule has 2 nitrogen and oxygen atoms in total. The smallest absolute Gasteiger partial charge is 0.129 e. The van der Waals surface area contributed by atoms with E-state index in [0.717, 1.165) is 17.2 Å². The largest absolute Gasteiger partial charge is 0.324 e. The van der Waals surface area contributed by atoms with Gasteiger partial charge in [-0.1, -0.05) is 6.07 Å². The molecule has 18 heavy (non-hydrogen) atoms. The number of aryl methyl sites for hydroxylation is 1. The summed E-state index contributed by atoms with van der Waals surface area (Å²) in [5, 5.41) is 0. The lowest BCUT2D eigenvalue weighted by molar-refractivity contribution is 0.562. The summed E-state index contributed by atoms with van der Waals surface area (Å²) in [7, 11) is 0. The molecule has 4 heteroatoms. The number of rotatable bonds is 3. The van der Waals surface area contributed by atoms with Crippen LogP contribution < -0.4 is 5.73 Å². The van der Waals surface area contributed by atoms with E-state index in [-0.39, 0.29) is 6.04 Å². The Morgan fingerprint density at radius 1 is 1.28 bits per heavy atom. The lowest BCUT2D eigenvalue weighted by Crippen LogP contribution is -2.15. The maximum Gasteiger partial charge on any atom is 0.129 e. The molecule has 1 unspecified atom stereocenters. The molecule has 0 fully saturated rings. The first kappa shape index (κ1) is 12.6. The molecule has 1 heterocycles. The van der Waals surface area contributed by atoms with Crippen LogP contribution in [0.3, 0.4) is 0 Å². The van der Waals surface area contributed by atoms with Crippen molar-refractivity contribution in [3.05, 3.63) is 65.0 Å². The Morgan fingerprint density at radius 3 is 2.72 bits per heavy atom. The normalized spacial score (nSPS) is 12.4. The minimum Gasteiger partial charge on any atom is -0.324 e. The predicted molar refractivity (Wildman–Crippen MR) is 66.0 cm³/mol. The Kier molecular flexibility index (Phi) is 3.67. The van der Waals surface area contributed by atoms with Crippen molar-refractivity contribution in [3.63, 3.8) is 0 Å². The summed E-state index contributed by atoms with van der Waals surface area (Å²) in [5.74, 6) is -1.14. The van der Waals surface area contributed by atoms with Gasteiger partial charge in [0, 0.05) is 24.5 Å². The van der Waals surface area contributed by atoms with Gasteiger partial charge in [0.15, 0.2) is 0 Å². The Balaban J connectivity index is 2.21. The highest BCUT2D eigenvalue weighted by Gasteiger charge is 2.12. The fourth-order valence-corrected chi connectivity index (χ4v) is 1.93. The molecule has 0 aliphatic carbocycles. The van der Waals surface area contributed by atoms with Gasteiger partial charge in [0.25, 0.3) is 0 Å². The quantitative estimate of drug-likeness (QED) is 0.907. The van der Waals surface area contributed by atoms with Crippen molar-refractivity contribution in [2.24, 2.45) is 5.73 Å². The van der Waals surface area contributed by atoms with Crippen LogP contribution in [0.15, 0.2) is 36.7 Å². The van der Waals surface area contributed by atoms with E-state index in [1.165, 1.54) is 12.1 Å². The number of benzene rings is 1. The Hall–Kier alpha value is -1.81. The van der Waals surface area contributed by atoms with Crippen molar-refractivity contribution in [3.8, 4) is 0 Å². The Morgan fingerprint density at radius 2 is 2.06 bits per heavy atom. The molecule has 0 aliphatic heterocycles. The SMILES string of the molecule is Cc1cnccc1C(N)Cc1ccc(F)cc1F. The van der Waals surface area contributed by atoms with Crippen LogP contribution in [-0.2, 0) is 6.42 Å². The third kappa shape index (κ3) is 2.71. The molecule has 0 bridgehead atoms. The van der Waals surface area contributed by atoms with Crippen LogP contribution in [0.2, 0.25) is 0 Å². The summed E-state index contributed by atoms with van der Waals surface area (Å²) in [6.07, 6.45) is 3.70. The monoisotopic (exact) mass is 248 g/mol. The van der Waals surface area contributed by atoms with Crippen LogP contribution in [0.4, 0.5) is 8.78 Å². The van der Waals surface area contributed by atoms with Gasteiger partial charge in [-0.2, -0.15) is 0 Å². The van der Waals surface area contributed by atoms with Crippen LogP contribution in [-0.4, -0.2) is 4.98 Å². The molecule has 0 amide bonds. The number of halogens is 2. The third-order valence-corrected chi connectivity index (χ3v) is 2.92. The zero-order chi connectivity index (χ0) is 13.1. The summed E-state index contributed by atoms with van der Waals surface area (Å²) < 4.78 is 26.3. The first-order chi connectivity index (χ1) is 8.58. The van der Waals surface area contributed by atoms with Crippen LogP contribution in [0.5, 0.6) is 0 Å². The lowest BCUT2D eigenvalue weighted by atomic mass is 9.97. The van der Waals surface area contributed by atoms with Crippen molar-refractivity contribution in [1.29, 1.82) is 0 Å². The van der Waals surface area contributed by atoms with Gasteiger partial charge < -0.3 is 5.73 Å². The topological polar surface area (TPSA) is 38.9 Å². The van der Waals surface area contributed by atoms with E-state index >= 15 is 0 Å². The molecule has 0 spiro atoms. The van der Waals surface area contributed by atoms with Crippen molar-refractivity contribution >= 4 is 0 Å². The molecule has 0 saturated heterocycles. The van der Waals surface area contributed by atoms with E-state index in [2.05, 4.69) is 4.98 Å². The van der Waals surface area contributed by atoms with Crippen molar-refractivity contribution < 1.29 is 8.78 Å². The zero-order valence-electron chi connectivity index (χ0n) is 10.0. The highest BCUT2D eigenvalue weighted by atomic mass is 19.1. The van der Waals surface area contributed by atoms with Crippen molar-refractivity contribution in [2.75, 3.05) is 0 Å². The highest BCUT2D eigenvalue weighted by Crippen LogP contribution is 2.20. The minimum atomic E-state index is -0.579. The van der Waals surface area contributed by atoms with Gasteiger partial charge in [0.2, 0.25) is 0 Å². The van der Waals surface area contributed by atoms with Gasteiger partial charge in [0.1, 0.15) is 11.6 Å². The number of nitrogens with zero attached hydrogens (tertiary/aromatic N) is 1. The second-order valence-corrected chi connectivity index (χ2v) is 4.28. The second kappa shape index (κ2) is 5.23. The fourth-order valence-electron chi connectivity index (χ4n) is 1.93. The van der Waals surface area contributed by atoms with Crippen molar-refractivity contribution in [1.82, 2.24) is 4.98 Å². The Labute approximate surface area is 104 Å². The Bertz CT molecular complexity index is 555. The van der Waals surface area contributed by atoms with E-state index in [1.54, 1.807) is 12.4 Å². The van der Waals surface area contributed by atoms with Gasteiger partial charge in [-0.05, 0) is 42.2 Å². The molecule has 0 radical (unpaired) electrons. The maximum absolute atomic E-state index is 13.5. The summed E-state index contributed by atoms with van der Waals surface area (Å²) >= 11 is 0. The molecule has 2 N–H and O–H groups in total. The van der Waals surface area contributed by atoms with Crippen LogP contribution in [0.25, 0.3) is 0 Å². The number of nitrogens with two attached hydrogens (primary N) is 1. The molecule has 0 saturated carbocycles. The van der Waals surface area contributed by atoms with Crippen LogP contribution >= 0.6 is 0 Å². The number of aromatic nitrogens is 1. The summed E-state index contributed by atoms with van der Waals surface area (Å²) in [6, 6.07) is 5.04. The van der Waals surface area contributed by atoms with Gasteiger partial charge in [-0.15, -0.1) is 0 Å². The first-order valence-corrected chi connectivity index (χ1v) is 5.68. The van der Waals surface area contributed by atoms with Crippen LogP contribution in [0.1, 0.15) is 22.7 Å². The lowest BCUT2D eigenvalue weighted by Gasteiger charge is -2.14. The molecular formula is C14H14F2N2. The van der Waals surface area contributed by atoms with E-state index in [1.807, 2.05) is 13.0 Å².